The Kier molecular flexibility index (Phi) is 19.2. The van der Waals surface area contributed by atoms with E-state index in [1.807, 2.05) is 0 Å². The van der Waals surface area contributed by atoms with E-state index in [2.05, 4.69) is 94.7 Å². The fraction of sp³-hybridized carbons (Fsp3) is 0.952. The highest BCUT2D eigenvalue weighted by Crippen LogP contribution is 2.18. The summed E-state index contributed by atoms with van der Waals surface area (Å²) in [6.45, 7) is 29.4. The summed E-state index contributed by atoms with van der Waals surface area (Å²) >= 11 is 0. The van der Waals surface area contributed by atoms with E-state index in [1.165, 1.54) is 7.11 Å². The first-order chi connectivity index (χ1) is 10.2. The van der Waals surface area contributed by atoms with Gasteiger partial charge in [-0.25, -0.2) is 0 Å². The van der Waals surface area contributed by atoms with Crippen molar-refractivity contribution in [2.24, 2.45) is 11.3 Å². The molecule has 24 heavy (non-hydrogen) atoms. The van der Waals surface area contributed by atoms with Gasteiger partial charge in [0.25, 0.3) is 0 Å². The second kappa shape index (κ2) is 14.7. The fourth-order valence-electron chi connectivity index (χ4n) is 1.06. The summed E-state index contributed by atoms with van der Waals surface area (Å²) in [5.41, 5.74) is 0.469. The molecule has 0 amide bonds. The second-order valence-electron chi connectivity index (χ2n) is 9.99. The molecule has 0 aromatic heterocycles. The van der Waals surface area contributed by atoms with Gasteiger partial charge in [-0.15, -0.1) is 0 Å². The second-order valence-corrected chi connectivity index (χ2v) is 9.99. The van der Waals surface area contributed by atoms with Crippen LogP contribution in [0.5, 0.6) is 0 Å². The van der Waals surface area contributed by atoms with Crippen molar-refractivity contribution in [1.82, 2.24) is 0 Å². The van der Waals surface area contributed by atoms with E-state index in [9.17, 15) is 4.79 Å². The molecule has 0 saturated carbocycles. The highest BCUT2D eigenvalue weighted by atomic mass is 16.5. The topological polar surface area (TPSA) is 35.5 Å². The van der Waals surface area contributed by atoms with Gasteiger partial charge in [-0.05, 0) is 52.9 Å². The molecule has 0 aliphatic heterocycles. The lowest BCUT2D eigenvalue weighted by Crippen LogP contribution is -2.31. The molecule has 0 heterocycles. The van der Waals surface area contributed by atoms with Crippen LogP contribution < -0.4 is 0 Å². The van der Waals surface area contributed by atoms with Crippen molar-refractivity contribution in [3.05, 3.63) is 0 Å². The van der Waals surface area contributed by atoms with Gasteiger partial charge in [-0.1, -0.05) is 55.4 Å². The number of rotatable bonds is 1. The zero-order chi connectivity index (χ0) is 20.8. The van der Waals surface area contributed by atoms with Crippen molar-refractivity contribution in [1.29, 1.82) is 0 Å². The van der Waals surface area contributed by atoms with Gasteiger partial charge >= 0.3 is 5.97 Å². The SMILES string of the molecule is CC(C)(C)C.CC(C)(C)OC(C)(C)C.CC(C)C.CCC(=O)OC. The summed E-state index contributed by atoms with van der Waals surface area (Å²) in [5.74, 6) is 0.676. The summed E-state index contributed by atoms with van der Waals surface area (Å²) in [5, 5.41) is 0. The minimum atomic E-state index is -0.157. The van der Waals surface area contributed by atoms with E-state index in [-0.39, 0.29) is 17.2 Å². The van der Waals surface area contributed by atoms with Gasteiger partial charge in [0.2, 0.25) is 0 Å². The number of carbonyl (C=O) groups excluding carboxylic acids is 1. The highest BCUT2D eigenvalue weighted by Gasteiger charge is 2.19. The van der Waals surface area contributed by atoms with Gasteiger partial charge in [0, 0.05) is 6.42 Å². The lowest BCUT2D eigenvalue weighted by atomic mass is 10.0. The summed E-state index contributed by atoms with van der Waals surface area (Å²) in [7, 11) is 1.38. The predicted molar refractivity (Wildman–Crippen MR) is 109 cm³/mol. The van der Waals surface area contributed by atoms with E-state index in [4.69, 9.17) is 4.74 Å². The Morgan fingerprint density at radius 1 is 0.792 bits per heavy atom. The van der Waals surface area contributed by atoms with Crippen LogP contribution in [0.2, 0.25) is 0 Å². The summed E-state index contributed by atoms with van der Waals surface area (Å²) in [4.78, 5) is 9.96. The smallest absolute Gasteiger partial charge is 0.305 e. The number of methoxy groups -OCH3 is 1. The lowest BCUT2D eigenvalue weighted by Gasteiger charge is -2.30. The Labute approximate surface area is 153 Å². The lowest BCUT2D eigenvalue weighted by molar-refractivity contribution is -0.140. The van der Waals surface area contributed by atoms with Crippen molar-refractivity contribution < 1.29 is 14.3 Å². The molecule has 0 N–H and O–H groups in total. The van der Waals surface area contributed by atoms with Crippen molar-refractivity contribution in [3.8, 4) is 0 Å². The molecule has 0 fully saturated rings. The largest absolute Gasteiger partial charge is 0.469 e. The van der Waals surface area contributed by atoms with Crippen LogP contribution in [0.1, 0.15) is 103 Å². The van der Waals surface area contributed by atoms with Crippen molar-refractivity contribution >= 4 is 5.97 Å². The van der Waals surface area contributed by atoms with Crippen molar-refractivity contribution in [2.75, 3.05) is 7.11 Å². The average Bonchev–Trinajstić information content (AvgIpc) is 2.20. The molecule has 0 radical (unpaired) electrons. The van der Waals surface area contributed by atoms with Gasteiger partial charge in [0.15, 0.2) is 0 Å². The first kappa shape index (κ1) is 31.2. The van der Waals surface area contributed by atoms with E-state index >= 15 is 0 Å². The molecule has 150 valence electrons. The zero-order valence-corrected chi connectivity index (χ0v) is 19.5. The molecule has 0 aromatic rings. The Balaban J connectivity index is -0.000000117. The molecular weight excluding hydrogens is 300 g/mol. The van der Waals surface area contributed by atoms with Crippen LogP contribution in [0.3, 0.4) is 0 Å². The third kappa shape index (κ3) is 101. The van der Waals surface area contributed by atoms with Crippen LogP contribution >= 0.6 is 0 Å². The number of esters is 1. The molecule has 0 saturated heterocycles. The molecular formula is C21H48O3. The predicted octanol–water partition coefficient (Wildman–Crippen LogP) is 6.88. The fourth-order valence-corrected chi connectivity index (χ4v) is 1.06. The Morgan fingerprint density at radius 3 is 1.00 bits per heavy atom. The minimum Gasteiger partial charge on any atom is -0.469 e. The van der Waals surface area contributed by atoms with Crippen LogP contribution in [0, 0.1) is 11.3 Å². The summed E-state index contributed by atoms with van der Waals surface area (Å²) in [6.07, 6.45) is 0.469. The maximum Gasteiger partial charge on any atom is 0.305 e. The molecule has 3 heteroatoms. The average molecular weight is 349 g/mol. The van der Waals surface area contributed by atoms with Gasteiger partial charge < -0.3 is 9.47 Å². The molecule has 0 spiro atoms. The van der Waals surface area contributed by atoms with Gasteiger partial charge in [0.1, 0.15) is 0 Å². The van der Waals surface area contributed by atoms with Crippen LogP contribution in [-0.2, 0) is 14.3 Å². The van der Waals surface area contributed by atoms with Crippen LogP contribution in [0.15, 0.2) is 0 Å². The maximum atomic E-state index is 9.96. The number of ether oxygens (including phenoxy) is 2. The highest BCUT2D eigenvalue weighted by molar-refractivity contribution is 5.68. The monoisotopic (exact) mass is 348 g/mol. The maximum absolute atomic E-state index is 9.96. The quantitative estimate of drug-likeness (QED) is 0.484. The zero-order valence-electron chi connectivity index (χ0n) is 19.5. The Bertz CT molecular complexity index is 246. The molecule has 0 aliphatic rings. The molecule has 0 rings (SSSR count). The van der Waals surface area contributed by atoms with E-state index in [0.29, 0.717) is 11.8 Å². The standard InChI is InChI=1S/C8H18O.C5H12.C4H8O2.C4H10/c1-7(2,3)9-8(4,5)6;1-5(2,3)4;1-3-4(5)6-2;1-4(2)3/h1-6H3;1-4H3;3H2,1-2H3;4H,1-3H3. The molecule has 0 aliphatic carbocycles. The minimum absolute atomic E-state index is 0.0156. The van der Waals surface area contributed by atoms with Crippen molar-refractivity contribution in [3.63, 3.8) is 0 Å². The number of carbonyl (C=O) groups is 1. The van der Waals surface area contributed by atoms with E-state index < -0.39 is 0 Å². The van der Waals surface area contributed by atoms with Crippen LogP contribution in [-0.4, -0.2) is 24.3 Å². The van der Waals surface area contributed by atoms with E-state index in [0.717, 1.165) is 5.92 Å². The first-order valence-corrected chi connectivity index (χ1v) is 9.02. The van der Waals surface area contributed by atoms with Gasteiger partial charge in [0.05, 0.1) is 18.3 Å². The van der Waals surface area contributed by atoms with Gasteiger partial charge in [-0.2, -0.15) is 0 Å². The number of hydrogen-bond acceptors (Lipinski definition) is 3. The summed E-state index contributed by atoms with van der Waals surface area (Å²) < 4.78 is 9.89. The van der Waals surface area contributed by atoms with Crippen LogP contribution in [0.25, 0.3) is 0 Å². The normalized spacial score (nSPS) is 11.2. The molecule has 0 aromatic carbocycles. The Morgan fingerprint density at radius 2 is 1.00 bits per heavy atom. The molecule has 0 atom stereocenters. The van der Waals surface area contributed by atoms with E-state index in [1.54, 1.807) is 6.92 Å². The number of hydrogen-bond donors (Lipinski definition) is 0. The molecule has 3 nitrogen and oxygen atoms in total. The summed E-state index contributed by atoms with van der Waals surface area (Å²) in [6, 6.07) is 0. The molecule has 0 unspecified atom stereocenters. The van der Waals surface area contributed by atoms with Crippen LogP contribution in [0.4, 0.5) is 0 Å². The third-order valence-corrected chi connectivity index (χ3v) is 1.13. The molecule has 0 bridgehead atoms. The van der Waals surface area contributed by atoms with Crippen molar-refractivity contribution in [2.45, 2.75) is 115 Å². The third-order valence-electron chi connectivity index (χ3n) is 1.13. The first-order valence-electron chi connectivity index (χ1n) is 9.02. The van der Waals surface area contributed by atoms with Gasteiger partial charge in [-0.3, -0.25) is 4.79 Å². The Hall–Kier alpha value is -0.570.